The molecule has 0 saturated heterocycles. The second-order valence-corrected chi connectivity index (χ2v) is 7.86. The third-order valence-corrected chi connectivity index (χ3v) is 5.95. The monoisotopic (exact) mass is 431 g/mol. The fourth-order valence-corrected chi connectivity index (χ4v) is 4.14. The lowest BCUT2D eigenvalue weighted by atomic mass is 9.88. The van der Waals surface area contributed by atoms with Crippen LogP contribution in [0.2, 0.25) is 0 Å². The van der Waals surface area contributed by atoms with Gasteiger partial charge >= 0.3 is 0 Å². The summed E-state index contributed by atoms with van der Waals surface area (Å²) in [6.07, 6.45) is -0.372. The molecule has 6 heteroatoms. The number of benzene rings is 3. The minimum Gasteiger partial charge on any atom is -0.493 e. The topological polar surface area (TPSA) is 76.1 Å². The van der Waals surface area contributed by atoms with Crippen molar-refractivity contribution in [2.24, 2.45) is 0 Å². The first-order chi connectivity index (χ1) is 15.4. The number of para-hydroxylation sites is 1. The fourth-order valence-electron chi connectivity index (χ4n) is 4.14. The number of fused-ring (bicyclic) bond motifs is 1. The molecule has 1 aliphatic heterocycles. The molecular formula is C26H25NO5. The molecule has 1 heterocycles. The highest BCUT2D eigenvalue weighted by molar-refractivity contribution is 6.10. The Labute approximate surface area is 187 Å². The first kappa shape index (κ1) is 21.6. The Bertz CT molecular complexity index is 1190. The molecule has 1 amide bonds. The van der Waals surface area contributed by atoms with Crippen molar-refractivity contribution >= 4 is 17.4 Å². The number of anilines is 1. The highest BCUT2D eigenvalue weighted by atomic mass is 16.5. The van der Waals surface area contributed by atoms with Gasteiger partial charge in [-0.2, -0.15) is 0 Å². The molecule has 1 N–H and O–H groups in total. The van der Waals surface area contributed by atoms with Crippen LogP contribution in [0.25, 0.3) is 0 Å². The number of ketones is 1. The van der Waals surface area contributed by atoms with E-state index in [1.807, 2.05) is 37.3 Å². The van der Waals surface area contributed by atoms with Gasteiger partial charge in [0.2, 0.25) is 0 Å². The van der Waals surface area contributed by atoms with Crippen LogP contribution < -0.4 is 14.4 Å². The lowest BCUT2D eigenvalue weighted by Gasteiger charge is -2.23. The summed E-state index contributed by atoms with van der Waals surface area (Å²) in [6.45, 7) is 2.30. The minimum absolute atomic E-state index is 0.315. The van der Waals surface area contributed by atoms with Gasteiger partial charge in [0.05, 0.1) is 32.9 Å². The molecule has 0 aromatic heterocycles. The Kier molecular flexibility index (Phi) is 5.72. The van der Waals surface area contributed by atoms with Crippen LogP contribution in [0.1, 0.15) is 33.5 Å². The fraction of sp³-hybridized carbons (Fsp3) is 0.231. The molecule has 0 fully saturated rings. The molecule has 0 saturated carbocycles. The van der Waals surface area contributed by atoms with Crippen LogP contribution in [0.4, 0.5) is 5.69 Å². The average Bonchev–Trinajstić information content (AvgIpc) is 3.01. The number of rotatable bonds is 7. The molecule has 4 rings (SSSR count). The van der Waals surface area contributed by atoms with Crippen LogP contribution in [0.3, 0.4) is 0 Å². The first-order valence-corrected chi connectivity index (χ1v) is 10.3. The number of carbonyl (C=O) groups is 2. The van der Waals surface area contributed by atoms with Crippen molar-refractivity contribution in [3.05, 3.63) is 89.0 Å². The van der Waals surface area contributed by atoms with Gasteiger partial charge in [-0.1, -0.05) is 42.5 Å². The zero-order valence-electron chi connectivity index (χ0n) is 18.3. The number of methoxy groups -OCH3 is 2. The number of nitrogens with zero attached hydrogens (tertiary/aromatic N) is 1. The average molecular weight is 431 g/mol. The van der Waals surface area contributed by atoms with Gasteiger partial charge in [-0.3, -0.25) is 9.59 Å². The largest absolute Gasteiger partial charge is 0.493 e. The summed E-state index contributed by atoms with van der Waals surface area (Å²) in [7, 11) is 3.00. The molecule has 0 spiro atoms. The minimum atomic E-state index is -1.94. The van der Waals surface area contributed by atoms with Crippen molar-refractivity contribution in [3.8, 4) is 11.5 Å². The van der Waals surface area contributed by atoms with E-state index in [0.717, 1.165) is 11.1 Å². The van der Waals surface area contributed by atoms with Crippen LogP contribution in [-0.4, -0.2) is 31.0 Å². The summed E-state index contributed by atoms with van der Waals surface area (Å²) in [5, 5.41) is 11.5. The van der Waals surface area contributed by atoms with E-state index in [9.17, 15) is 14.7 Å². The molecule has 0 unspecified atom stereocenters. The molecule has 0 aliphatic carbocycles. The third-order valence-electron chi connectivity index (χ3n) is 5.95. The van der Waals surface area contributed by atoms with Gasteiger partial charge in [-0.05, 0) is 42.3 Å². The molecule has 3 aromatic rings. The molecule has 1 aliphatic rings. The summed E-state index contributed by atoms with van der Waals surface area (Å²) < 4.78 is 10.5. The van der Waals surface area contributed by atoms with Crippen molar-refractivity contribution in [1.82, 2.24) is 0 Å². The number of hydrogen-bond acceptors (Lipinski definition) is 5. The number of aliphatic hydroxyl groups is 1. The summed E-state index contributed by atoms with van der Waals surface area (Å²) >= 11 is 0. The number of ether oxygens (including phenoxy) is 2. The smallest absolute Gasteiger partial charge is 0.264 e. The van der Waals surface area contributed by atoms with E-state index in [1.165, 1.54) is 14.2 Å². The molecule has 0 radical (unpaired) electrons. The van der Waals surface area contributed by atoms with Gasteiger partial charge in [0.25, 0.3) is 5.91 Å². The number of Topliss-reactive ketones (excluding diaryl/α,β-unsaturated/α-hetero) is 1. The molecule has 3 aromatic carbocycles. The molecule has 0 bridgehead atoms. The van der Waals surface area contributed by atoms with Gasteiger partial charge < -0.3 is 19.5 Å². The Morgan fingerprint density at radius 2 is 1.66 bits per heavy atom. The predicted molar refractivity (Wildman–Crippen MR) is 121 cm³/mol. The van der Waals surface area contributed by atoms with Gasteiger partial charge in [0.1, 0.15) is 0 Å². The van der Waals surface area contributed by atoms with E-state index in [2.05, 4.69) is 0 Å². The summed E-state index contributed by atoms with van der Waals surface area (Å²) in [6, 6.07) is 19.7. The lowest BCUT2D eigenvalue weighted by molar-refractivity contribution is -0.136. The molecule has 1 atom stereocenters. The normalized spacial score (nSPS) is 17.2. The maximum atomic E-state index is 13.5. The number of hydrogen-bond donors (Lipinski definition) is 1. The van der Waals surface area contributed by atoms with Crippen LogP contribution in [0, 0.1) is 6.92 Å². The number of carbonyl (C=O) groups excluding carboxylic acids is 2. The summed E-state index contributed by atoms with van der Waals surface area (Å²) in [5.41, 5.74) is 1.47. The SMILES string of the molecule is COc1ccc(C(=O)C[C@@]2(O)C(=O)N(Cc3ccccc3C)c3ccccc32)cc1OC. The van der Waals surface area contributed by atoms with E-state index < -0.39 is 11.5 Å². The lowest BCUT2D eigenvalue weighted by Crippen LogP contribution is -2.41. The van der Waals surface area contributed by atoms with E-state index in [1.54, 1.807) is 41.3 Å². The van der Waals surface area contributed by atoms with E-state index in [0.29, 0.717) is 34.9 Å². The van der Waals surface area contributed by atoms with Crippen molar-refractivity contribution in [2.75, 3.05) is 19.1 Å². The zero-order valence-corrected chi connectivity index (χ0v) is 18.3. The number of amides is 1. The van der Waals surface area contributed by atoms with Gasteiger partial charge in [0.15, 0.2) is 22.9 Å². The van der Waals surface area contributed by atoms with Crippen LogP contribution >= 0.6 is 0 Å². The van der Waals surface area contributed by atoms with Gasteiger partial charge in [-0.15, -0.1) is 0 Å². The second-order valence-electron chi connectivity index (χ2n) is 7.86. The van der Waals surface area contributed by atoms with Crippen molar-refractivity contribution in [3.63, 3.8) is 0 Å². The quantitative estimate of drug-likeness (QED) is 0.572. The second kappa shape index (κ2) is 8.48. The molecule has 164 valence electrons. The summed E-state index contributed by atoms with van der Waals surface area (Å²) in [4.78, 5) is 28.1. The van der Waals surface area contributed by atoms with E-state index in [-0.39, 0.29) is 12.2 Å². The Balaban J connectivity index is 1.67. The van der Waals surface area contributed by atoms with Crippen LogP contribution in [-0.2, 0) is 16.9 Å². The molecular weight excluding hydrogens is 406 g/mol. The van der Waals surface area contributed by atoms with Crippen LogP contribution in [0.15, 0.2) is 66.7 Å². The maximum absolute atomic E-state index is 13.5. The predicted octanol–water partition coefficient (Wildman–Crippen LogP) is 4.02. The first-order valence-electron chi connectivity index (χ1n) is 10.3. The Morgan fingerprint density at radius 1 is 0.969 bits per heavy atom. The highest BCUT2D eigenvalue weighted by Gasteiger charge is 2.50. The summed E-state index contributed by atoms with van der Waals surface area (Å²) in [5.74, 6) is 0.0317. The molecule has 6 nitrogen and oxygen atoms in total. The Hall–Kier alpha value is -3.64. The standard InChI is InChI=1S/C26H25NO5/c1-17-8-4-5-9-19(17)16-27-21-11-7-6-10-20(21)26(30,25(27)29)15-22(28)18-12-13-23(31-2)24(14-18)32-3/h4-14,30H,15-16H2,1-3H3/t26-/m0/s1. The van der Waals surface area contributed by atoms with Crippen molar-refractivity contribution in [2.45, 2.75) is 25.5 Å². The van der Waals surface area contributed by atoms with Crippen molar-refractivity contribution < 1.29 is 24.2 Å². The van der Waals surface area contributed by atoms with Gasteiger partial charge in [0, 0.05) is 11.1 Å². The van der Waals surface area contributed by atoms with Crippen LogP contribution in [0.5, 0.6) is 11.5 Å². The number of aryl methyl sites for hydroxylation is 1. The highest BCUT2D eigenvalue weighted by Crippen LogP contribution is 2.44. The zero-order chi connectivity index (χ0) is 22.9. The Morgan fingerprint density at radius 3 is 2.38 bits per heavy atom. The molecule has 32 heavy (non-hydrogen) atoms. The maximum Gasteiger partial charge on any atom is 0.264 e. The third kappa shape index (κ3) is 3.63. The van der Waals surface area contributed by atoms with Crippen molar-refractivity contribution in [1.29, 1.82) is 0 Å². The van der Waals surface area contributed by atoms with Gasteiger partial charge in [-0.25, -0.2) is 0 Å². The van der Waals surface area contributed by atoms with E-state index >= 15 is 0 Å². The van der Waals surface area contributed by atoms with E-state index in [4.69, 9.17) is 9.47 Å².